The zero-order chi connectivity index (χ0) is 10.5. The van der Waals surface area contributed by atoms with Crippen LogP contribution >= 0.6 is 0 Å². The molecule has 78 valence electrons. The Bertz CT molecular complexity index is 171. The third-order valence-electron chi connectivity index (χ3n) is 1.87. The summed E-state index contributed by atoms with van der Waals surface area (Å²) < 4.78 is 0. The predicted octanol–water partition coefficient (Wildman–Crippen LogP) is 0.391. The fourth-order valence-corrected chi connectivity index (χ4v) is 1.23. The van der Waals surface area contributed by atoms with Crippen LogP contribution in [0.2, 0.25) is 0 Å². The second-order valence-electron chi connectivity index (χ2n) is 3.80. The summed E-state index contributed by atoms with van der Waals surface area (Å²) in [5.74, 6) is -0.797. The van der Waals surface area contributed by atoms with Crippen LogP contribution < -0.4 is 5.32 Å². The van der Waals surface area contributed by atoms with Crippen LogP contribution in [0.4, 0.5) is 0 Å². The van der Waals surface area contributed by atoms with E-state index in [1.54, 1.807) is 6.92 Å². The molecule has 0 fully saturated rings. The molecule has 1 atom stereocenters. The van der Waals surface area contributed by atoms with E-state index in [-0.39, 0.29) is 0 Å². The van der Waals surface area contributed by atoms with Crippen molar-refractivity contribution in [3.8, 4) is 0 Å². The molecule has 4 heteroatoms. The van der Waals surface area contributed by atoms with Gasteiger partial charge in [-0.05, 0) is 34.0 Å². The third kappa shape index (κ3) is 4.24. The van der Waals surface area contributed by atoms with Crippen LogP contribution in [0.5, 0.6) is 0 Å². The summed E-state index contributed by atoms with van der Waals surface area (Å²) >= 11 is 0. The molecule has 0 aromatic rings. The SMILES string of the molecule is CCCNC(C)(CN(C)C)C(=O)O. The number of hydrogen-bond acceptors (Lipinski definition) is 3. The van der Waals surface area contributed by atoms with Gasteiger partial charge in [0, 0.05) is 6.54 Å². The zero-order valence-corrected chi connectivity index (χ0v) is 8.92. The largest absolute Gasteiger partial charge is 0.480 e. The van der Waals surface area contributed by atoms with Gasteiger partial charge in [-0.3, -0.25) is 4.79 Å². The molecule has 0 aliphatic rings. The maximum absolute atomic E-state index is 11.0. The number of nitrogens with zero attached hydrogens (tertiary/aromatic N) is 1. The molecule has 0 radical (unpaired) electrons. The van der Waals surface area contributed by atoms with Crippen molar-refractivity contribution in [3.05, 3.63) is 0 Å². The van der Waals surface area contributed by atoms with Crippen LogP contribution in [0.1, 0.15) is 20.3 Å². The van der Waals surface area contributed by atoms with Crippen LogP contribution in [0, 0.1) is 0 Å². The van der Waals surface area contributed by atoms with Gasteiger partial charge in [0.2, 0.25) is 0 Å². The van der Waals surface area contributed by atoms with Crippen molar-refractivity contribution >= 4 is 5.97 Å². The van der Waals surface area contributed by atoms with E-state index < -0.39 is 11.5 Å². The van der Waals surface area contributed by atoms with Crippen molar-refractivity contribution in [1.29, 1.82) is 0 Å². The van der Waals surface area contributed by atoms with Crippen LogP contribution in [0.3, 0.4) is 0 Å². The Morgan fingerprint density at radius 3 is 2.38 bits per heavy atom. The highest BCUT2D eigenvalue weighted by Gasteiger charge is 2.32. The number of nitrogens with one attached hydrogen (secondary N) is 1. The van der Waals surface area contributed by atoms with Gasteiger partial charge in [-0.1, -0.05) is 6.92 Å². The maximum Gasteiger partial charge on any atom is 0.324 e. The second-order valence-corrected chi connectivity index (χ2v) is 3.80. The fraction of sp³-hybridized carbons (Fsp3) is 0.889. The highest BCUT2D eigenvalue weighted by Crippen LogP contribution is 2.05. The molecule has 0 aromatic carbocycles. The highest BCUT2D eigenvalue weighted by atomic mass is 16.4. The Hall–Kier alpha value is -0.610. The Kier molecular flexibility index (Phi) is 4.95. The normalized spacial score (nSPS) is 15.8. The van der Waals surface area contributed by atoms with E-state index in [0.29, 0.717) is 6.54 Å². The molecular formula is C9H20N2O2. The van der Waals surface area contributed by atoms with Crippen molar-refractivity contribution in [1.82, 2.24) is 10.2 Å². The first-order chi connectivity index (χ1) is 5.92. The number of aliphatic carboxylic acids is 1. The standard InChI is InChI=1S/C9H20N2O2/c1-5-6-10-9(2,8(12)13)7-11(3)4/h10H,5-7H2,1-4H3,(H,12,13). The minimum Gasteiger partial charge on any atom is -0.480 e. The van der Waals surface area contributed by atoms with Crippen molar-refractivity contribution < 1.29 is 9.90 Å². The molecule has 0 amide bonds. The number of carbonyl (C=O) groups is 1. The zero-order valence-electron chi connectivity index (χ0n) is 8.92. The van der Waals surface area contributed by atoms with E-state index in [0.717, 1.165) is 13.0 Å². The Morgan fingerprint density at radius 2 is 2.08 bits per heavy atom. The first kappa shape index (κ1) is 12.4. The molecule has 13 heavy (non-hydrogen) atoms. The van der Waals surface area contributed by atoms with Crippen molar-refractivity contribution in [2.75, 3.05) is 27.2 Å². The van der Waals surface area contributed by atoms with Crippen LogP contribution in [0.15, 0.2) is 0 Å². The molecule has 2 N–H and O–H groups in total. The molecule has 0 rings (SSSR count). The van der Waals surface area contributed by atoms with E-state index in [4.69, 9.17) is 5.11 Å². The predicted molar refractivity (Wildman–Crippen MR) is 52.9 cm³/mol. The lowest BCUT2D eigenvalue weighted by atomic mass is 10.0. The average Bonchev–Trinajstić information content (AvgIpc) is 1.99. The molecule has 0 saturated heterocycles. The maximum atomic E-state index is 11.0. The number of carboxylic acids is 1. The smallest absolute Gasteiger partial charge is 0.324 e. The van der Waals surface area contributed by atoms with Gasteiger partial charge in [-0.25, -0.2) is 0 Å². The van der Waals surface area contributed by atoms with Crippen LogP contribution in [0.25, 0.3) is 0 Å². The molecule has 1 unspecified atom stereocenters. The molecule has 0 aromatic heterocycles. The van der Waals surface area contributed by atoms with Gasteiger partial charge in [-0.2, -0.15) is 0 Å². The summed E-state index contributed by atoms with van der Waals surface area (Å²) in [4.78, 5) is 12.8. The monoisotopic (exact) mass is 188 g/mol. The first-order valence-corrected chi connectivity index (χ1v) is 4.55. The molecule has 0 aliphatic heterocycles. The van der Waals surface area contributed by atoms with E-state index in [1.807, 2.05) is 25.9 Å². The van der Waals surface area contributed by atoms with Crippen molar-refractivity contribution in [3.63, 3.8) is 0 Å². The number of likely N-dealkylation sites (N-methyl/N-ethyl adjacent to an activating group) is 1. The summed E-state index contributed by atoms with van der Waals surface area (Å²) in [7, 11) is 3.74. The van der Waals surface area contributed by atoms with Gasteiger partial charge >= 0.3 is 5.97 Å². The topological polar surface area (TPSA) is 52.6 Å². The molecular weight excluding hydrogens is 168 g/mol. The quantitative estimate of drug-likeness (QED) is 0.633. The number of rotatable bonds is 6. The second kappa shape index (κ2) is 5.19. The van der Waals surface area contributed by atoms with Crippen LogP contribution in [-0.4, -0.2) is 48.7 Å². The van der Waals surface area contributed by atoms with Gasteiger partial charge in [0.15, 0.2) is 0 Å². The fourth-order valence-electron chi connectivity index (χ4n) is 1.23. The number of hydrogen-bond donors (Lipinski definition) is 2. The van der Waals surface area contributed by atoms with E-state index >= 15 is 0 Å². The Labute approximate surface area is 79.9 Å². The summed E-state index contributed by atoms with van der Waals surface area (Å²) in [5, 5.41) is 12.1. The molecule has 0 saturated carbocycles. The van der Waals surface area contributed by atoms with Crippen molar-refractivity contribution in [2.24, 2.45) is 0 Å². The van der Waals surface area contributed by atoms with Gasteiger partial charge in [0.05, 0.1) is 0 Å². The molecule has 4 nitrogen and oxygen atoms in total. The summed E-state index contributed by atoms with van der Waals surface area (Å²) in [5.41, 5.74) is -0.834. The highest BCUT2D eigenvalue weighted by molar-refractivity contribution is 5.78. The molecule has 0 spiro atoms. The lowest BCUT2D eigenvalue weighted by molar-refractivity contribution is -0.144. The minimum absolute atomic E-state index is 0.502. The third-order valence-corrected chi connectivity index (χ3v) is 1.87. The van der Waals surface area contributed by atoms with Crippen molar-refractivity contribution in [2.45, 2.75) is 25.8 Å². The van der Waals surface area contributed by atoms with E-state index in [2.05, 4.69) is 5.32 Å². The summed E-state index contributed by atoms with van der Waals surface area (Å²) in [6, 6.07) is 0. The van der Waals surface area contributed by atoms with Gasteiger partial charge in [0.25, 0.3) is 0 Å². The average molecular weight is 188 g/mol. The van der Waals surface area contributed by atoms with Gasteiger partial charge in [0.1, 0.15) is 5.54 Å². The van der Waals surface area contributed by atoms with E-state index in [9.17, 15) is 4.79 Å². The summed E-state index contributed by atoms with van der Waals surface area (Å²) in [6.07, 6.45) is 0.941. The van der Waals surface area contributed by atoms with Crippen LogP contribution in [-0.2, 0) is 4.79 Å². The van der Waals surface area contributed by atoms with E-state index in [1.165, 1.54) is 0 Å². The first-order valence-electron chi connectivity index (χ1n) is 4.55. The Balaban J connectivity index is 4.25. The van der Waals surface area contributed by atoms with Gasteiger partial charge in [-0.15, -0.1) is 0 Å². The van der Waals surface area contributed by atoms with Gasteiger partial charge < -0.3 is 15.3 Å². The minimum atomic E-state index is -0.834. The lowest BCUT2D eigenvalue weighted by Crippen LogP contribution is -2.55. The number of carboxylic acid groups (broad SMARTS) is 1. The molecule has 0 bridgehead atoms. The summed E-state index contributed by atoms with van der Waals surface area (Å²) in [6.45, 7) is 4.97. The molecule has 0 heterocycles. The lowest BCUT2D eigenvalue weighted by Gasteiger charge is -2.29. The Morgan fingerprint density at radius 1 is 1.54 bits per heavy atom. The molecule has 0 aliphatic carbocycles.